The van der Waals surface area contributed by atoms with Crippen molar-refractivity contribution in [2.45, 2.75) is 31.4 Å². The third-order valence-electron chi connectivity index (χ3n) is 3.86. The molecule has 0 amide bonds. The fourth-order valence-electron chi connectivity index (χ4n) is 2.55. The number of hydrogen-bond acceptors (Lipinski definition) is 4. The van der Waals surface area contributed by atoms with Gasteiger partial charge >= 0.3 is 0 Å². The largest absolute Gasteiger partial charge is 0.388 e. The number of likely N-dealkylation sites (N-methyl/N-ethyl adjacent to an activating group) is 1. The first-order valence-corrected chi connectivity index (χ1v) is 7.77. The van der Waals surface area contributed by atoms with Gasteiger partial charge in [0.05, 0.1) is 11.3 Å². The fraction of sp³-hybridized carbons (Fsp3) is 0.600. The molecule has 1 aliphatic heterocycles. The van der Waals surface area contributed by atoms with Crippen LogP contribution in [0.1, 0.15) is 31.4 Å². The molecular formula is C15H23BrN2O2. The summed E-state index contributed by atoms with van der Waals surface area (Å²) >= 11 is 3.59. The van der Waals surface area contributed by atoms with Gasteiger partial charge in [-0.05, 0) is 40.5 Å². The van der Waals surface area contributed by atoms with Gasteiger partial charge in [-0.1, -0.05) is 6.07 Å². The monoisotopic (exact) mass is 342 g/mol. The minimum Gasteiger partial charge on any atom is -0.388 e. The molecule has 0 radical (unpaired) electrons. The summed E-state index contributed by atoms with van der Waals surface area (Å²) < 4.78 is 6.32. The van der Waals surface area contributed by atoms with E-state index in [1.165, 1.54) is 0 Å². The van der Waals surface area contributed by atoms with Gasteiger partial charge in [0.25, 0.3) is 0 Å². The number of nitrogens with zero attached hydrogens (tertiary/aromatic N) is 1. The van der Waals surface area contributed by atoms with E-state index in [-0.39, 0.29) is 6.04 Å². The Labute approximate surface area is 129 Å². The molecule has 1 atom stereocenters. The predicted octanol–water partition coefficient (Wildman–Crippen LogP) is 2.45. The average molecular weight is 343 g/mol. The molecule has 1 aromatic rings. The topological polar surface area (TPSA) is 58.7 Å². The standard InChI is InChI=1S/C15H23BrN2O2/c1-11(17)12-3-4-14(13(16)9-12)18(2)10-15(19)5-7-20-8-6-15/h3-4,9,11,19H,5-8,10,17H2,1-2H3. The number of ether oxygens (including phenoxy) is 1. The molecule has 1 aromatic carbocycles. The molecule has 0 saturated carbocycles. The predicted molar refractivity (Wildman–Crippen MR) is 85.0 cm³/mol. The maximum absolute atomic E-state index is 10.6. The normalized spacial score (nSPS) is 19.6. The summed E-state index contributed by atoms with van der Waals surface area (Å²) in [6.45, 7) is 3.84. The maximum Gasteiger partial charge on any atom is 0.0865 e. The van der Waals surface area contributed by atoms with Crippen molar-refractivity contribution in [3.63, 3.8) is 0 Å². The van der Waals surface area contributed by atoms with E-state index in [4.69, 9.17) is 10.5 Å². The minimum atomic E-state index is -0.660. The second kappa shape index (κ2) is 6.43. The zero-order chi connectivity index (χ0) is 14.8. The lowest BCUT2D eigenvalue weighted by molar-refractivity contribution is -0.0572. The Morgan fingerprint density at radius 1 is 1.45 bits per heavy atom. The lowest BCUT2D eigenvalue weighted by Gasteiger charge is -2.36. The smallest absolute Gasteiger partial charge is 0.0865 e. The summed E-state index contributed by atoms with van der Waals surface area (Å²) in [5, 5.41) is 10.6. The SMILES string of the molecule is CC(N)c1ccc(N(C)CC2(O)CCOCC2)c(Br)c1. The maximum atomic E-state index is 10.6. The van der Waals surface area contributed by atoms with Crippen LogP contribution in [0, 0.1) is 0 Å². The Balaban J connectivity index is 2.10. The van der Waals surface area contributed by atoms with Gasteiger partial charge in [-0.15, -0.1) is 0 Å². The molecule has 0 aliphatic carbocycles. The van der Waals surface area contributed by atoms with Gasteiger partial charge in [0.2, 0.25) is 0 Å². The summed E-state index contributed by atoms with van der Waals surface area (Å²) in [6, 6.07) is 6.15. The Morgan fingerprint density at radius 2 is 2.10 bits per heavy atom. The third kappa shape index (κ3) is 3.73. The summed E-state index contributed by atoms with van der Waals surface area (Å²) in [6.07, 6.45) is 1.37. The van der Waals surface area contributed by atoms with E-state index in [9.17, 15) is 5.11 Å². The summed E-state index contributed by atoms with van der Waals surface area (Å²) in [5.74, 6) is 0. The Morgan fingerprint density at radius 3 is 2.65 bits per heavy atom. The summed E-state index contributed by atoms with van der Waals surface area (Å²) in [4.78, 5) is 2.08. The molecule has 4 nitrogen and oxygen atoms in total. The third-order valence-corrected chi connectivity index (χ3v) is 4.50. The highest BCUT2D eigenvalue weighted by Gasteiger charge is 2.31. The van der Waals surface area contributed by atoms with Crippen molar-refractivity contribution < 1.29 is 9.84 Å². The number of aliphatic hydroxyl groups is 1. The van der Waals surface area contributed by atoms with Crippen molar-refractivity contribution in [1.29, 1.82) is 0 Å². The first-order valence-electron chi connectivity index (χ1n) is 6.98. The molecule has 0 bridgehead atoms. The molecule has 20 heavy (non-hydrogen) atoms. The van der Waals surface area contributed by atoms with E-state index in [1.807, 2.05) is 32.2 Å². The molecule has 1 aliphatic rings. The number of halogens is 1. The van der Waals surface area contributed by atoms with Crippen LogP contribution >= 0.6 is 15.9 Å². The molecule has 0 spiro atoms. The van der Waals surface area contributed by atoms with Gasteiger partial charge in [0.15, 0.2) is 0 Å². The van der Waals surface area contributed by atoms with E-state index in [1.54, 1.807) is 0 Å². The van der Waals surface area contributed by atoms with Crippen LogP contribution in [0.25, 0.3) is 0 Å². The summed E-state index contributed by atoms with van der Waals surface area (Å²) in [7, 11) is 2.00. The molecule has 3 N–H and O–H groups in total. The van der Waals surface area contributed by atoms with Crippen LogP contribution in [-0.4, -0.2) is 37.5 Å². The van der Waals surface area contributed by atoms with Gasteiger partial charge < -0.3 is 20.5 Å². The zero-order valence-corrected chi connectivity index (χ0v) is 13.7. The van der Waals surface area contributed by atoms with E-state index >= 15 is 0 Å². The molecule has 1 heterocycles. The van der Waals surface area contributed by atoms with Crippen LogP contribution in [-0.2, 0) is 4.74 Å². The fourth-order valence-corrected chi connectivity index (χ4v) is 3.25. The molecule has 0 aromatic heterocycles. The number of hydrogen-bond donors (Lipinski definition) is 2. The van der Waals surface area contributed by atoms with Gasteiger partial charge in [0, 0.05) is 50.2 Å². The second-order valence-electron chi connectivity index (χ2n) is 5.69. The van der Waals surface area contributed by atoms with Crippen LogP contribution in [0.15, 0.2) is 22.7 Å². The van der Waals surface area contributed by atoms with E-state index in [0.29, 0.717) is 32.6 Å². The molecule has 1 fully saturated rings. The minimum absolute atomic E-state index is 0.0188. The van der Waals surface area contributed by atoms with Crippen molar-refractivity contribution in [2.24, 2.45) is 5.73 Å². The van der Waals surface area contributed by atoms with Gasteiger partial charge in [-0.25, -0.2) is 0 Å². The first-order chi connectivity index (χ1) is 9.41. The Hall–Kier alpha value is -0.620. The van der Waals surface area contributed by atoms with Gasteiger partial charge in [-0.3, -0.25) is 0 Å². The molecule has 1 saturated heterocycles. The van der Waals surface area contributed by atoms with Crippen LogP contribution in [0.5, 0.6) is 0 Å². The Bertz CT molecular complexity index is 459. The van der Waals surface area contributed by atoms with Gasteiger partial charge in [-0.2, -0.15) is 0 Å². The lowest BCUT2D eigenvalue weighted by atomic mass is 9.93. The van der Waals surface area contributed by atoms with Crippen molar-refractivity contribution in [3.05, 3.63) is 28.2 Å². The highest BCUT2D eigenvalue weighted by Crippen LogP contribution is 2.30. The second-order valence-corrected chi connectivity index (χ2v) is 6.55. The van der Waals surface area contributed by atoms with Gasteiger partial charge in [0.1, 0.15) is 0 Å². The summed E-state index contributed by atoms with van der Waals surface area (Å²) in [5.41, 5.74) is 7.39. The van der Waals surface area contributed by atoms with E-state index < -0.39 is 5.60 Å². The Kier molecular flexibility index (Phi) is 5.07. The molecular weight excluding hydrogens is 320 g/mol. The molecule has 1 unspecified atom stereocenters. The highest BCUT2D eigenvalue weighted by molar-refractivity contribution is 9.10. The highest BCUT2D eigenvalue weighted by atomic mass is 79.9. The van der Waals surface area contributed by atoms with Crippen LogP contribution < -0.4 is 10.6 Å². The van der Waals surface area contributed by atoms with Crippen molar-refractivity contribution in [3.8, 4) is 0 Å². The van der Waals surface area contributed by atoms with E-state index in [2.05, 4.69) is 20.8 Å². The number of benzene rings is 1. The van der Waals surface area contributed by atoms with Crippen molar-refractivity contribution in [2.75, 3.05) is 31.7 Å². The van der Waals surface area contributed by atoms with Crippen LogP contribution in [0.4, 0.5) is 5.69 Å². The van der Waals surface area contributed by atoms with Crippen LogP contribution in [0.3, 0.4) is 0 Å². The molecule has 2 rings (SSSR count). The number of nitrogens with two attached hydrogens (primary N) is 1. The average Bonchev–Trinajstić information content (AvgIpc) is 2.38. The molecule has 5 heteroatoms. The zero-order valence-electron chi connectivity index (χ0n) is 12.1. The van der Waals surface area contributed by atoms with Crippen molar-refractivity contribution >= 4 is 21.6 Å². The van der Waals surface area contributed by atoms with Crippen LogP contribution in [0.2, 0.25) is 0 Å². The quantitative estimate of drug-likeness (QED) is 0.882. The number of rotatable bonds is 4. The van der Waals surface area contributed by atoms with E-state index in [0.717, 1.165) is 15.7 Å². The molecule has 112 valence electrons. The van der Waals surface area contributed by atoms with Crippen molar-refractivity contribution in [1.82, 2.24) is 0 Å². The number of anilines is 1. The lowest BCUT2D eigenvalue weighted by Crippen LogP contribution is -2.45. The first kappa shape index (κ1) is 15.8.